The van der Waals surface area contributed by atoms with E-state index in [0.717, 1.165) is 60.8 Å². The summed E-state index contributed by atoms with van der Waals surface area (Å²) in [6.07, 6.45) is 0. The van der Waals surface area contributed by atoms with Crippen molar-refractivity contribution in [3.63, 3.8) is 0 Å². The molecule has 3 heterocycles. The average Bonchev–Trinajstić information content (AvgIpc) is 3.55. The highest BCUT2D eigenvalue weighted by atomic mass is 16.3. The zero-order valence-electron chi connectivity index (χ0n) is 21.4. The molecule has 0 aliphatic heterocycles. The van der Waals surface area contributed by atoms with Gasteiger partial charge in [0.05, 0.1) is 11.0 Å². The van der Waals surface area contributed by atoms with Gasteiger partial charge < -0.3 is 4.42 Å². The Morgan fingerprint density at radius 2 is 1.15 bits per heavy atom. The molecule has 6 aromatic carbocycles. The van der Waals surface area contributed by atoms with Gasteiger partial charge in [0.2, 0.25) is 0 Å². The van der Waals surface area contributed by atoms with Crippen molar-refractivity contribution in [1.82, 2.24) is 14.8 Å². The zero-order valence-corrected chi connectivity index (χ0v) is 21.4. The Kier molecular flexibility index (Phi) is 4.30. The minimum atomic E-state index is 0.824. The molecule has 3 aromatic heterocycles. The number of fused-ring (bicyclic) bond motifs is 8. The SMILES string of the molecule is c1ccc2cc3c(cc2c1)c1ccccc1n3-c1nnc(-c2cccc3oc4ccccc4c23)c2ccccc12. The van der Waals surface area contributed by atoms with Gasteiger partial charge in [-0.3, -0.25) is 4.57 Å². The van der Waals surface area contributed by atoms with Gasteiger partial charge in [0, 0.05) is 37.9 Å². The highest BCUT2D eigenvalue weighted by Gasteiger charge is 2.20. The van der Waals surface area contributed by atoms with Gasteiger partial charge in [0.25, 0.3) is 0 Å². The Bertz CT molecular complexity index is 2450. The average molecular weight is 512 g/mol. The predicted octanol–water partition coefficient (Wildman–Crippen LogP) is 9.45. The third-order valence-corrected chi connectivity index (χ3v) is 8.08. The van der Waals surface area contributed by atoms with Crippen molar-refractivity contribution in [2.24, 2.45) is 0 Å². The summed E-state index contributed by atoms with van der Waals surface area (Å²) in [7, 11) is 0. The minimum Gasteiger partial charge on any atom is -0.456 e. The van der Waals surface area contributed by atoms with Gasteiger partial charge >= 0.3 is 0 Å². The maximum atomic E-state index is 6.19. The van der Waals surface area contributed by atoms with Gasteiger partial charge in [-0.25, -0.2) is 0 Å². The minimum absolute atomic E-state index is 0.824. The lowest BCUT2D eigenvalue weighted by Crippen LogP contribution is -2.02. The molecule has 0 bridgehead atoms. The van der Waals surface area contributed by atoms with Gasteiger partial charge in [-0.05, 0) is 41.1 Å². The van der Waals surface area contributed by atoms with Crippen molar-refractivity contribution in [2.45, 2.75) is 0 Å². The summed E-state index contributed by atoms with van der Waals surface area (Å²) in [6, 6.07) is 44.4. The topological polar surface area (TPSA) is 43.9 Å². The van der Waals surface area contributed by atoms with E-state index in [1.165, 1.54) is 21.5 Å². The fourth-order valence-corrected chi connectivity index (χ4v) is 6.31. The summed E-state index contributed by atoms with van der Waals surface area (Å²) in [5.41, 5.74) is 5.82. The Balaban J connectivity index is 1.39. The van der Waals surface area contributed by atoms with E-state index in [-0.39, 0.29) is 0 Å². The maximum absolute atomic E-state index is 6.19. The van der Waals surface area contributed by atoms with E-state index >= 15 is 0 Å². The Morgan fingerprint density at radius 1 is 0.475 bits per heavy atom. The van der Waals surface area contributed by atoms with Crippen LogP contribution < -0.4 is 0 Å². The molecule has 0 radical (unpaired) electrons. The molecule has 0 aliphatic rings. The number of aromatic nitrogens is 3. The first-order chi connectivity index (χ1) is 19.8. The highest BCUT2D eigenvalue weighted by molar-refractivity contribution is 6.16. The van der Waals surface area contributed by atoms with E-state index in [2.05, 4.69) is 102 Å². The fraction of sp³-hybridized carbons (Fsp3) is 0. The second-order valence-electron chi connectivity index (χ2n) is 10.3. The van der Waals surface area contributed by atoms with Crippen LogP contribution in [0.5, 0.6) is 0 Å². The first kappa shape index (κ1) is 21.5. The summed E-state index contributed by atoms with van der Waals surface area (Å²) in [5.74, 6) is 0.824. The molecule has 4 nitrogen and oxygen atoms in total. The molecule has 0 atom stereocenters. The van der Waals surface area contributed by atoms with Gasteiger partial charge in [-0.15, -0.1) is 10.2 Å². The molecule has 0 unspecified atom stereocenters. The number of benzene rings is 6. The number of hydrogen-bond acceptors (Lipinski definition) is 3. The van der Waals surface area contributed by atoms with Crippen LogP contribution in [0.3, 0.4) is 0 Å². The molecule has 0 fully saturated rings. The van der Waals surface area contributed by atoms with Crippen molar-refractivity contribution in [1.29, 1.82) is 0 Å². The van der Waals surface area contributed by atoms with E-state index < -0.39 is 0 Å². The van der Waals surface area contributed by atoms with Crippen LogP contribution in [0.1, 0.15) is 0 Å². The van der Waals surface area contributed by atoms with Gasteiger partial charge in [-0.1, -0.05) is 97.1 Å². The van der Waals surface area contributed by atoms with E-state index in [1.54, 1.807) is 0 Å². The normalized spacial score (nSPS) is 12.0. The van der Waals surface area contributed by atoms with Crippen LogP contribution in [-0.4, -0.2) is 14.8 Å². The molecule has 0 saturated heterocycles. The second kappa shape index (κ2) is 8.01. The third-order valence-electron chi connectivity index (χ3n) is 8.08. The monoisotopic (exact) mass is 511 g/mol. The number of furan rings is 1. The first-order valence-electron chi connectivity index (χ1n) is 13.4. The molecular formula is C36H21N3O. The van der Waals surface area contributed by atoms with Crippen LogP contribution in [0.15, 0.2) is 132 Å². The molecule has 186 valence electrons. The van der Waals surface area contributed by atoms with Gasteiger partial charge in [-0.2, -0.15) is 0 Å². The smallest absolute Gasteiger partial charge is 0.168 e. The van der Waals surface area contributed by atoms with Crippen LogP contribution in [-0.2, 0) is 0 Å². The standard InChI is InChI=1S/C36H21N3O/c1-2-11-23-21-31-29(20-22(23)10-1)24-12-5-7-17-30(24)39(31)36-26-14-4-3-13-25(26)35(37-38-36)28-16-9-19-33-34(28)27-15-6-8-18-32(27)40-33/h1-21H. The molecule has 9 aromatic rings. The van der Waals surface area contributed by atoms with Gasteiger partial charge in [0.1, 0.15) is 16.9 Å². The molecule has 4 heteroatoms. The molecule has 0 spiro atoms. The molecule has 0 aliphatic carbocycles. The molecule has 0 saturated carbocycles. The van der Waals surface area contributed by atoms with E-state index in [9.17, 15) is 0 Å². The van der Waals surface area contributed by atoms with Crippen LogP contribution in [0.2, 0.25) is 0 Å². The van der Waals surface area contributed by atoms with Crippen molar-refractivity contribution in [3.05, 3.63) is 127 Å². The van der Waals surface area contributed by atoms with E-state index in [1.807, 2.05) is 30.3 Å². The zero-order chi connectivity index (χ0) is 26.2. The first-order valence-corrected chi connectivity index (χ1v) is 13.4. The third kappa shape index (κ3) is 2.90. The second-order valence-corrected chi connectivity index (χ2v) is 10.3. The van der Waals surface area contributed by atoms with Crippen molar-refractivity contribution in [2.75, 3.05) is 0 Å². The Hall–Kier alpha value is -5.48. The highest BCUT2D eigenvalue weighted by Crippen LogP contribution is 2.40. The number of nitrogens with zero attached hydrogens (tertiary/aromatic N) is 3. The van der Waals surface area contributed by atoms with Crippen molar-refractivity contribution >= 4 is 65.3 Å². The quantitative estimate of drug-likeness (QED) is 0.232. The summed E-state index contributed by atoms with van der Waals surface area (Å²) in [4.78, 5) is 0. The Morgan fingerprint density at radius 3 is 2.02 bits per heavy atom. The van der Waals surface area contributed by atoms with Crippen LogP contribution >= 0.6 is 0 Å². The lowest BCUT2D eigenvalue weighted by atomic mass is 9.99. The molecular weight excluding hydrogens is 490 g/mol. The van der Waals surface area contributed by atoms with E-state index in [0.29, 0.717) is 0 Å². The number of hydrogen-bond donors (Lipinski definition) is 0. The lowest BCUT2D eigenvalue weighted by Gasteiger charge is -2.13. The Labute approximate surface area is 228 Å². The summed E-state index contributed by atoms with van der Waals surface area (Å²) < 4.78 is 8.46. The largest absolute Gasteiger partial charge is 0.456 e. The van der Waals surface area contributed by atoms with Crippen LogP contribution in [0, 0.1) is 0 Å². The fourth-order valence-electron chi connectivity index (χ4n) is 6.31. The predicted molar refractivity (Wildman–Crippen MR) is 164 cm³/mol. The van der Waals surface area contributed by atoms with Gasteiger partial charge in [0.15, 0.2) is 5.82 Å². The molecule has 0 N–H and O–H groups in total. The maximum Gasteiger partial charge on any atom is 0.168 e. The summed E-state index contributed by atoms with van der Waals surface area (Å²) >= 11 is 0. The van der Waals surface area contributed by atoms with Crippen molar-refractivity contribution < 1.29 is 4.42 Å². The summed E-state index contributed by atoms with van der Waals surface area (Å²) in [5, 5.41) is 19.0. The lowest BCUT2D eigenvalue weighted by molar-refractivity contribution is 0.669. The van der Waals surface area contributed by atoms with E-state index in [4.69, 9.17) is 14.6 Å². The number of para-hydroxylation sites is 2. The molecule has 40 heavy (non-hydrogen) atoms. The summed E-state index contributed by atoms with van der Waals surface area (Å²) in [6.45, 7) is 0. The molecule has 9 rings (SSSR count). The van der Waals surface area contributed by atoms with Crippen molar-refractivity contribution in [3.8, 4) is 17.1 Å². The van der Waals surface area contributed by atoms with Crippen LogP contribution in [0.4, 0.5) is 0 Å². The number of rotatable bonds is 2. The van der Waals surface area contributed by atoms with Crippen LogP contribution in [0.25, 0.3) is 82.4 Å². The molecule has 0 amide bonds.